The van der Waals surface area contributed by atoms with Gasteiger partial charge < -0.3 is 19.9 Å². The van der Waals surface area contributed by atoms with Gasteiger partial charge >= 0.3 is 0 Å². The predicted octanol–water partition coefficient (Wildman–Crippen LogP) is 2.55. The highest BCUT2D eigenvalue weighted by Gasteiger charge is 2.26. The molecule has 0 fully saturated rings. The summed E-state index contributed by atoms with van der Waals surface area (Å²) in [5, 5.41) is 4.71. The number of rotatable bonds is 4. The number of nitrogens with zero attached hydrogens (tertiary/aromatic N) is 2. The first-order chi connectivity index (χ1) is 14.0. The molecule has 4 rings (SSSR count). The molecule has 2 aromatic rings. The minimum Gasteiger partial charge on any atom is -0.482 e. The van der Waals surface area contributed by atoms with Gasteiger partial charge in [-0.3, -0.25) is 14.4 Å². The van der Waals surface area contributed by atoms with Gasteiger partial charge in [0.25, 0.3) is 5.91 Å². The van der Waals surface area contributed by atoms with Crippen LogP contribution in [0.3, 0.4) is 0 Å². The average molecular weight is 409 g/mol. The summed E-state index contributed by atoms with van der Waals surface area (Å²) in [6.07, 6.45) is 0. The molecule has 0 saturated carbocycles. The number of thioether (sulfide) groups is 1. The monoisotopic (exact) mass is 409 g/mol. The summed E-state index contributed by atoms with van der Waals surface area (Å²) in [4.78, 5) is 39.9. The largest absolute Gasteiger partial charge is 0.482 e. The highest BCUT2D eigenvalue weighted by Crippen LogP contribution is 2.34. The first kappa shape index (κ1) is 19.1. The molecule has 8 heteroatoms. The Morgan fingerprint density at radius 2 is 1.93 bits per heavy atom. The Morgan fingerprint density at radius 3 is 2.72 bits per heavy atom. The fourth-order valence-corrected chi connectivity index (χ4v) is 3.97. The van der Waals surface area contributed by atoms with Crippen LogP contribution >= 0.6 is 11.8 Å². The minimum absolute atomic E-state index is 0.00110. The maximum atomic E-state index is 12.7. The van der Waals surface area contributed by atoms with Gasteiger partial charge in [-0.2, -0.15) is 0 Å². The summed E-state index contributed by atoms with van der Waals surface area (Å²) >= 11 is 1.42. The molecule has 1 N–H and O–H groups in total. The zero-order valence-corrected chi connectivity index (χ0v) is 16.6. The molecule has 2 aliphatic heterocycles. The van der Waals surface area contributed by atoms with Gasteiger partial charge in [-0.05, 0) is 29.2 Å². The molecule has 7 nitrogen and oxygen atoms in total. The molecule has 148 valence electrons. The van der Waals surface area contributed by atoms with Gasteiger partial charge in [-0.15, -0.1) is 11.8 Å². The quantitative estimate of drug-likeness (QED) is 0.840. The number of amides is 3. The van der Waals surface area contributed by atoms with E-state index in [-0.39, 0.29) is 30.9 Å². The van der Waals surface area contributed by atoms with E-state index in [1.807, 2.05) is 35.7 Å². The molecule has 0 radical (unpaired) electrons. The molecule has 2 aromatic carbocycles. The van der Waals surface area contributed by atoms with Crippen LogP contribution in [0.1, 0.15) is 5.56 Å². The van der Waals surface area contributed by atoms with E-state index in [0.717, 1.165) is 5.56 Å². The van der Waals surface area contributed by atoms with Crippen molar-refractivity contribution in [3.05, 3.63) is 59.5 Å². The Bertz CT molecular complexity index is 1010. The second-order valence-corrected chi connectivity index (χ2v) is 7.49. The smallest absolute Gasteiger partial charge is 0.264 e. The summed E-state index contributed by atoms with van der Waals surface area (Å²) in [6, 6.07) is 14.6. The number of anilines is 2. The Labute approximate surface area is 172 Å². The van der Waals surface area contributed by atoms with Crippen molar-refractivity contribution in [2.24, 2.45) is 0 Å². The zero-order valence-electron chi connectivity index (χ0n) is 15.8. The van der Waals surface area contributed by atoms with E-state index in [0.29, 0.717) is 28.6 Å². The standard InChI is InChI=1S/C21H19N3O4S/c1-23-16-9-15(7-8-18(16)28-11-20(23)26)22-19(25)10-24-17(12-29-13-21(24)27)14-5-3-2-4-6-14/h2-9,12H,10-11,13H2,1H3,(H,22,25). The van der Waals surface area contributed by atoms with Crippen LogP contribution in [0.2, 0.25) is 0 Å². The SMILES string of the molecule is CN1C(=O)COc2ccc(NC(=O)CN3C(=O)CSC=C3c3ccccc3)cc21. The van der Waals surface area contributed by atoms with Crippen LogP contribution < -0.4 is 15.0 Å². The van der Waals surface area contributed by atoms with Crippen molar-refractivity contribution < 1.29 is 19.1 Å². The number of likely N-dealkylation sites (N-methyl/N-ethyl adjacent to an activating group) is 1. The van der Waals surface area contributed by atoms with E-state index < -0.39 is 0 Å². The van der Waals surface area contributed by atoms with Crippen LogP contribution in [0.4, 0.5) is 11.4 Å². The number of benzene rings is 2. The third-order valence-electron chi connectivity index (χ3n) is 4.69. The lowest BCUT2D eigenvalue weighted by Gasteiger charge is -2.28. The van der Waals surface area contributed by atoms with Gasteiger partial charge in [0.2, 0.25) is 11.8 Å². The lowest BCUT2D eigenvalue weighted by Crippen LogP contribution is -2.39. The normalized spacial score (nSPS) is 16.1. The molecule has 0 saturated heterocycles. The van der Waals surface area contributed by atoms with Crippen LogP contribution in [-0.4, -0.2) is 48.6 Å². The van der Waals surface area contributed by atoms with Crippen LogP contribution in [-0.2, 0) is 14.4 Å². The molecular formula is C21H19N3O4S. The van der Waals surface area contributed by atoms with Crippen LogP contribution in [0.5, 0.6) is 5.75 Å². The lowest BCUT2D eigenvalue weighted by atomic mass is 10.1. The molecule has 0 atom stereocenters. The summed E-state index contributed by atoms with van der Waals surface area (Å²) < 4.78 is 5.40. The van der Waals surface area contributed by atoms with E-state index in [4.69, 9.17) is 4.74 Å². The number of hydrogen-bond acceptors (Lipinski definition) is 5. The fourth-order valence-electron chi connectivity index (χ4n) is 3.17. The van der Waals surface area contributed by atoms with E-state index in [9.17, 15) is 14.4 Å². The van der Waals surface area contributed by atoms with Gasteiger partial charge in [-0.1, -0.05) is 30.3 Å². The van der Waals surface area contributed by atoms with E-state index in [1.54, 1.807) is 25.2 Å². The van der Waals surface area contributed by atoms with Gasteiger partial charge in [0.15, 0.2) is 6.61 Å². The highest BCUT2D eigenvalue weighted by atomic mass is 32.2. The van der Waals surface area contributed by atoms with Gasteiger partial charge in [0.1, 0.15) is 12.3 Å². The molecule has 0 aliphatic carbocycles. The topological polar surface area (TPSA) is 79.0 Å². The summed E-state index contributed by atoms with van der Waals surface area (Å²) in [6.45, 7) is -0.0959. The average Bonchev–Trinajstić information content (AvgIpc) is 2.73. The van der Waals surface area contributed by atoms with Gasteiger partial charge in [0.05, 0.1) is 17.1 Å². The van der Waals surface area contributed by atoms with E-state index in [1.165, 1.54) is 21.6 Å². The third kappa shape index (κ3) is 3.97. The predicted molar refractivity (Wildman–Crippen MR) is 113 cm³/mol. The fraction of sp³-hybridized carbons (Fsp3) is 0.190. The first-order valence-electron chi connectivity index (χ1n) is 9.04. The molecule has 2 aliphatic rings. The summed E-state index contributed by atoms with van der Waals surface area (Å²) in [5.41, 5.74) is 2.72. The molecule has 0 bridgehead atoms. The van der Waals surface area contributed by atoms with Crippen molar-refractivity contribution in [1.82, 2.24) is 4.90 Å². The van der Waals surface area contributed by atoms with Gasteiger partial charge in [0, 0.05) is 12.7 Å². The molecule has 29 heavy (non-hydrogen) atoms. The lowest BCUT2D eigenvalue weighted by molar-refractivity contribution is -0.129. The Kier molecular flexibility index (Phi) is 5.26. The van der Waals surface area contributed by atoms with Crippen LogP contribution in [0.15, 0.2) is 53.9 Å². The zero-order chi connectivity index (χ0) is 20.4. The van der Waals surface area contributed by atoms with Crippen molar-refractivity contribution >= 4 is 46.6 Å². The van der Waals surface area contributed by atoms with E-state index >= 15 is 0 Å². The second-order valence-electron chi connectivity index (χ2n) is 6.63. The number of carbonyl (C=O) groups excluding carboxylic acids is 3. The molecule has 0 unspecified atom stereocenters. The Hall–Kier alpha value is -3.26. The van der Waals surface area contributed by atoms with Crippen molar-refractivity contribution in [3.63, 3.8) is 0 Å². The number of hydrogen-bond donors (Lipinski definition) is 1. The van der Waals surface area contributed by atoms with Crippen molar-refractivity contribution in [1.29, 1.82) is 0 Å². The number of nitrogens with one attached hydrogen (secondary N) is 1. The van der Waals surface area contributed by atoms with E-state index in [2.05, 4.69) is 5.32 Å². The number of carbonyl (C=O) groups is 3. The first-order valence-corrected chi connectivity index (χ1v) is 10.1. The molecule has 2 heterocycles. The van der Waals surface area contributed by atoms with Gasteiger partial charge in [-0.25, -0.2) is 0 Å². The summed E-state index contributed by atoms with van der Waals surface area (Å²) in [7, 11) is 1.66. The van der Waals surface area contributed by atoms with Crippen molar-refractivity contribution in [2.45, 2.75) is 0 Å². The number of fused-ring (bicyclic) bond motifs is 1. The van der Waals surface area contributed by atoms with Crippen LogP contribution in [0.25, 0.3) is 5.70 Å². The van der Waals surface area contributed by atoms with Crippen molar-refractivity contribution in [2.75, 3.05) is 36.2 Å². The molecule has 0 aromatic heterocycles. The molecule has 3 amide bonds. The molecular weight excluding hydrogens is 390 g/mol. The summed E-state index contributed by atoms with van der Waals surface area (Å²) in [5.74, 6) is 0.290. The Balaban J connectivity index is 1.50. The minimum atomic E-state index is -0.322. The second kappa shape index (κ2) is 8.00. The Morgan fingerprint density at radius 1 is 1.14 bits per heavy atom. The highest BCUT2D eigenvalue weighted by molar-refractivity contribution is 8.03. The van der Waals surface area contributed by atoms with Crippen molar-refractivity contribution in [3.8, 4) is 5.75 Å². The maximum Gasteiger partial charge on any atom is 0.264 e. The molecule has 0 spiro atoms. The van der Waals surface area contributed by atoms with Crippen LogP contribution in [0, 0.1) is 0 Å². The third-order valence-corrected chi connectivity index (χ3v) is 5.50. The maximum absolute atomic E-state index is 12.7. The number of ether oxygens (including phenoxy) is 1.